The molecule has 19 heavy (non-hydrogen) atoms. The molecule has 2 amide bonds. The first-order chi connectivity index (χ1) is 9.34. The number of nitrogens with one attached hydrogen (secondary N) is 1. The van der Waals surface area contributed by atoms with Crippen LogP contribution in [0, 0.1) is 0 Å². The maximum absolute atomic E-state index is 12.2. The number of hydrogen-bond donors (Lipinski definition) is 1. The monoisotopic (exact) mass is 256 g/mol. The molecule has 1 aromatic heterocycles. The van der Waals surface area contributed by atoms with Crippen LogP contribution < -0.4 is 15.0 Å². The molecule has 0 unspecified atom stereocenters. The van der Waals surface area contributed by atoms with Gasteiger partial charge in [-0.2, -0.15) is 0 Å². The van der Waals surface area contributed by atoms with E-state index in [1.165, 1.54) is 12.4 Å². The van der Waals surface area contributed by atoms with Gasteiger partial charge in [-0.05, 0) is 12.1 Å². The van der Waals surface area contributed by atoms with Gasteiger partial charge in [0.15, 0.2) is 5.82 Å². The molecule has 2 aromatic rings. The first-order valence-corrected chi connectivity index (χ1v) is 5.91. The highest BCUT2D eigenvalue weighted by Crippen LogP contribution is 2.31. The number of fused-ring (bicyclic) bond motifs is 1. The summed E-state index contributed by atoms with van der Waals surface area (Å²) in [6.45, 7) is 0.980. The first-order valence-electron chi connectivity index (χ1n) is 5.91. The summed E-state index contributed by atoms with van der Waals surface area (Å²) in [5.74, 6) is 1.14. The van der Waals surface area contributed by atoms with E-state index in [9.17, 15) is 4.79 Å². The number of carbonyl (C=O) groups is 1. The summed E-state index contributed by atoms with van der Waals surface area (Å²) in [4.78, 5) is 21.8. The van der Waals surface area contributed by atoms with Crippen molar-refractivity contribution in [1.82, 2.24) is 9.97 Å². The first kappa shape index (κ1) is 11.5. The molecule has 6 nitrogen and oxygen atoms in total. The lowest BCUT2D eigenvalue weighted by atomic mass is 10.2. The molecule has 1 aromatic carbocycles. The van der Waals surface area contributed by atoms with Gasteiger partial charge in [0.1, 0.15) is 12.4 Å². The van der Waals surface area contributed by atoms with Gasteiger partial charge in [0.25, 0.3) is 0 Å². The minimum Gasteiger partial charge on any atom is -0.490 e. The Morgan fingerprint density at radius 2 is 2.21 bits per heavy atom. The molecule has 1 aliphatic heterocycles. The third-order valence-corrected chi connectivity index (χ3v) is 2.77. The van der Waals surface area contributed by atoms with Gasteiger partial charge in [0.05, 0.1) is 18.4 Å². The number of aromatic nitrogens is 2. The summed E-state index contributed by atoms with van der Waals surface area (Å²) in [6.07, 6.45) is 4.59. The van der Waals surface area contributed by atoms with Crippen LogP contribution in [0.1, 0.15) is 0 Å². The maximum atomic E-state index is 12.2. The Morgan fingerprint density at radius 1 is 1.32 bits per heavy atom. The summed E-state index contributed by atoms with van der Waals surface area (Å²) in [5, 5.41) is 2.71. The van der Waals surface area contributed by atoms with Crippen LogP contribution >= 0.6 is 0 Å². The molecule has 3 rings (SSSR count). The minimum absolute atomic E-state index is 0.240. The van der Waals surface area contributed by atoms with Crippen molar-refractivity contribution in [3.05, 3.63) is 42.9 Å². The van der Waals surface area contributed by atoms with Crippen LogP contribution in [-0.4, -0.2) is 29.2 Å². The molecule has 0 saturated heterocycles. The summed E-state index contributed by atoms with van der Waals surface area (Å²) >= 11 is 0. The van der Waals surface area contributed by atoms with E-state index in [0.717, 1.165) is 5.69 Å². The molecule has 0 radical (unpaired) electrons. The summed E-state index contributed by atoms with van der Waals surface area (Å²) in [5.41, 5.74) is 0.759. The van der Waals surface area contributed by atoms with Gasteiger partial charge in [0.2, 0.25) is 0 Å². The van der Waals surface area contributed by atoms with Crippen LogP contribution in [0.5, 0.6) is 5.75 Å². The van der Waals surface area contributed by atoms with Crippen LogP contribution in [-0.2, 0) is 0 Å². The van der Waals surface area contributed by atoms with Crippen molar-refractivity contribution >= 4 is 17.5 Å². The van der Waals surface area contributed by atoms with Gasteiger partial charge in [0, 0.05) is 12.4 Å². The molecule has 0 atom stereocenters. The second kappa shape index (κ2) is 4.93. The zero-order valence-corrected chi connectivity index (χ0v) is 10.1. The van der Waals surface area contributed by atoms with E-state index in [2.05, 4.69) is 15.3 Å². The van der Waals surface area contributed by atoms with Crippen LogP contribution in [0.25, 0.3) is 0 Å². The fourth-order valence-corrected chi connectivity index (χ4v) is 1.92. The van der Waals surface area contributed by atoms with E-state index in [1.807, 2.05) is 24.3 Å². The number of para-hydroxylation sites is 2. The molecule has 0 bridgehead atoms. The van der Waals surface area contributed by atoms with Gasteiger partial charge in [-0.1, -0.05) is 12.1 Å². The number of ether oxygens (including phenoxy) is 1. The lowest BCUT2D eigenvalue weighted by molar-refractivity contribution is 0.250. The zero-order chi connectivity index (χ0) is 13.1. The topological polar surface area (TPSA) is 67.4 Å². The van der Waals surface area contributed by atoms with E-state index in [0.29, 0.717) is 24.7 Å². The Hall–Kier alpha value is -2.63. The Labute approximate surface area is 110 Å². The maximum Gasteiger partial charge on any atom is 0.327 e. The second-order valence-electron chi connectivity index (χ2n) is 3.99. The lowest BCUT2D eigenvalue weighted by Gasteiger charge is -2.29. The molecule has 2 heterocycles. The molecule has 1 aliphatic rings. The Balaban J connectivity index is 1.82. The van der Waals surface area contributed by atoms with Crippen molar-refractivity contribution in [3.8, 4) is 5.75 Å². The van der Waals surface area contributed by atoms with Crippen LogP contribution in [0.15, 0.2) is 42.9 Å². The second-order valence-corrected chi connectivity index (χ2v) is 3.99. The number of benzene rings is 1. The molecular weight excluding hydrogens is 244 g/mol. The largest absolute Gasteiger partial charge is 0.490 e. The van der Waals surface area contributed by atoms with Gasteiger partial charge >= 0.3 is 6.03 Å². The van der Waals surface area contributed by atoms with Crippen LogP contribution in [0.2, 0.25) is 0 Å². The van der Waals surface area contributed by atoms with Crippen molar-refractivity contribution in [3.63, 3.8) is 0 Å². The normalized spacial score (nSPS) is 13.4. The number of nitrogens with zero attached hydrogens (tertiary/aromatic N) is 3. The Kier molecular flexibility index (Phi) is 2.97. The van der Waals surface area contributed by atoms with E-state index in [1.54, 1.807) is 11.1 Å². The van der Waals surface area contributed by atoms with Gasteiger partial charge in [-0.3, -0.25) is 15.2 Å². The fraction of sp³-hybridized carbons (Fsp3) is 0.154. The van der Waals surface area contributed by atoms with Gasteiger partial charge < -0.3 is 4.74 Å². The Bertz CT molecular complexity index is 588. The highest BCUT2D eigenvalue weighted by molar-refractivity contribution is 6.02. The van der Waals surface area contributed by atoms with Crippen molar-refractivity contribution in [2.45, 2.75) is 0 Å². The summed E-state index contributed by atoms with van der Waals surface area (Å²) < 4.78 is 5.50. The molecule has 0 spiro atoms. The smallest absolute Gasteiger partial charge is 0.327 e. The number of carbonyl (C=O) groups excluding carboxylic acids is 1. The molecule has 96 valence electrons. The predicted octanol–water partition coefficient (Wildman–Crippen LogP) is 1.91. The minimum atomic E-state index is -0.240. The lowest BCUT2D eigenvalue weighted by Crippen LogP contribution is -2.40. The van der Waals surface area contributed by atoms with E-state index < -0.39 is 0 Å². The predicted molar refractivity (Wildman–Crippen MR) is 70.3 cm³/mol. The molecule has 1 N–H and O–H groups in total. The number of anilines is 2. The number of rotatable bonds is 1. The van der Waals surface area contributed by atoms with Crippen molar-refractivity contribution < 1.29 is 9.53 Å². The number of hydrogen-bond acceptors (Lipinski definition) is 4. The van der Waals surface area contributed by atoms with Crippen molar-refractivity contribution in [2.24, 2.45) is 0 Å². The molecular formula is C13H12N4O2. The van der Waals surface area contributed by atoms with Crippen molar-refractivity contribution in [1.29, 1.82) is 0 Å². The van der Waals surface area contributed by atoms with Gasteiger partial charge in [-0.15, -0.1) is 0 Å². The molecule has 0 aliphatic carbocycles. The summed E-state index contributed by atoms with van der Waals surface area (Å²) in [6, 6.07) is 7.21. The number of amides is 2. The fourth-order valence-electron chi connectivity index (χ4n) is 1.92. The molecule has 6 heteroatoms. The Morgan fingerprint density at radius 3 is 3.05 bits per heavy atom. The highest BCUT2D eigenvalue weighted by Gasteiger charge is 2.23. The third-order valence-electron chi connectivity index (χ3n) is 2.77. The molecule has 0 saturated carbocycles. The number of urea groups is 1. The summed E-state index contributed by atoms with van der Waals surface area (Å²) in [7, 11) is 0. The quantitative estimate of drug-likeness (QED) is 0.846. The average molecular weight is 256 g/mol. The molecule has 0 fully saturated rings. The van der Waals surface area contributed by atoms with Crippen molar-refractivity contribution in [2.75, 3.05) is 23.4 Å². The van der Waals surface area contributed by atoms with E-state index in [-0.39, 0.29) is 6.03 Å². The highest BCUT2D eigenvalue weighted by atomic mass is 16.5. The van der Waals surface area contributed by atoms with Crippen LogP contribution in [0.3, 0.4) is 0 Å². The van der Waals surface area contributed by atoms with Crippen LogP contribution in [0.4, 0.5) is 16.3 Å². The van der Waals surface area contributed by atoms with E-state index in [4.69, 9.17) is 4.74 Å². The van der Waals surface area contributed by atoms with Gasteiger partial charge in [-0.25, -0.2) is 9.78 Å². The van der Waals surface area contributed by atoms with E-state index >= 15 is 0 Å². The standard InChI is InChI=1S/C13H12N4O2/c18-13(16-12-9-14-5-6-15-12)17-7-8-19-11-4-2-1-3-10(11)17/h1-6,9H,7-8H2,(H,15,16,18). The average Bonchev–Trinajstić information content (AvgIpc) is 2.47. The third kappa shape index (κ3) is 2.33. The zero-order valence-electron chi connectivity index (χ0n) is 10.1. The SMILES string of the molecule is O=C(Nc1cnccn1)N1CCOc2ccccc21.